The Morgan fingerprint density at radius 3 is 2.63 bits per heavy atom. The van der Waals surface area contributed by atoms with Crippen molar-refractivity contribution in [3.63, 3.8) is 0 Å². The fourth-order valence-corrected chi connectivity index (χ4v) is 5.16. The molecule has 0 radical (unpaired) electrons. The van der Waals surface area contributed by atoms with Gasteiger partial charge in [-0.3, -0.25) is 5.10 Å². The molecule has 2 aliphatic heterocycles. The molecule has 0 aromatic carbocycles. The normalized spacial score (nSPS) is 19.2. The Kier molecular flexibility index (Phi) is 4.40. The van der Waals surface area contributed by atoms with Crippen LogP contribution in [0.1, 0.15) is 18.5 Å². The van der Waals surface area contributed by atoms with E-state index >= 15 is 0 Å². The van der Waals surface area contributed by atoms with Gasteiger partial charge in [0.25, 0.3) is 0 Å². The van der Waals surface area contributed by atoms with E-state index in [0.29, 0.717) is 30.5 Å². The fourth-order valence-electron chi connectivity index (χ4n) is 4.31. The molecule has 3 aromatic heterocycles. The second-order valence-electron chi connectivity index (χ2n) is 8.31. The maximum atomic E-state index is 11.8. The Labute approximate surface area is 174 Å². The zero-order valence-corrected chi connectivity index (χ0v) is 17.8. The van der Waals surface area contributed by atoms with Gasteiger partial charge in [0.15, 0.2) is 5.65 Å². The van der Waals surface area contributed by atoms with Crippen LogP contribution in [0, 0.1) is 12.3 Å². The van der Waals surface area contributed by atoms with Gasteiger partial charge in [-0.15, -0.1) is 0 Å². The molecule has 0 bridgehead atoms. The molecule has 0 unspecified atom stereocenters. The Morgan fingerprint density at radius 1 is 1.20 bits per heavy atom. The highest BCUT2D eigenvalue weighted by Crippen LogP contribution is 2.42. The fraction of sp³-hybridized carbons (Fsp3) is 0.474. The number of aromatic amines is 1. The predicted octanol–water partition coefficient (Wildman–Crippen LogP) is 1.66. The van der Waals surface area contributed by atoms with Crippen molar-refractivity contribution in [2.75, 3.05) is 42.7 Å². The molecule has 1 spiro atoms. The Balaban J connectivity index is 1.37. The van der Waals surface area contributed by atoms with Crippen molar-refractivity contribution < 1.29 is 8.42 Å². The minimum absolute atomic E-state index is 0.137. The largest absolute Gasteiger partial charge is 0.339 e. The summed E-state index contributed by atoms with van der Waals surface area (Å²) >= 11 is 0. The van der Waals surface area contributed by atoms with Gasteiger partial charge in [0.05, 0.1) is 17.3 Å². The molecule has 5 heterocycles. The number of nitrogens with zero attached hydrogens (tertiary/aromatic N) is 6. The van der Waals surface area contributed by atoms with Crippen LogP contribution >= 0.6 is 0 Å². The van der Waals surface area contributed by atoms with Crippen LogP contribution in [0.2, 0.25) is 0 Å². The minimum atomic E-state index is -3.11. The van der Waals surface area contributed by atoms with E-state index in [9.17, 15) is 8.42 Å². The third-order valence-corrected chi connectivity index (χ3v) is 7.31. The number of aromatic nitrogens is 5. The van der Waals surface area contributed by atoms with Gasteiger partial charge in [0.2, 0.25) is 16.0 Å². The van der Waals surface area contributed by atoms with Crippen molar-refractivity contribution in [3.05, 3.63) is 30.1 Å². The Bertz CT molecular complexity index is 1190. The zero-order valence-electron chi connectivity index (χ0n) is 17.0. The maximum absolute atomic E-state index is 11.8. The number of H-pyrrole nitrogens is 1. The number of fused-ring (bicyclic) bond motifs is 1. The first kappa shape index (κ1) is 19.2. The van der Waals surface area contributed by atoms with Crippen LogP contribution in [-0.4, -0.2) is 70.3 Å². The molecule has 158 valence electrons. The molecule has 2 fully saturated rings. The minimum Gasteiger partial charge on any atom is -0.339 e. The van der Waals surface area contributed by atoms with Crippen LogP contribution in [0.25, 0.3) is 11.0 Å². The topological polar surface area (TPSA) is 120 Å². The number of hydrogen-bond acceptors (Lipinski definition) is 8. The van der Waals surface area contributed by atoms with Crippen molar-refractivity contribution in [1.82, 2.24) is 29.5 Å². The van der Waals surface area contributed by atoms with Gasteiger partial charge in [0, 0.05) is 43.9 Å². The van der Waals surface area contributed by atoms with E-state index in [1.54, 1.807) is 10.5 Å². The molecule has 3 aromatic rings. The van der Waals surface area contributed by atoms with E-state index in [2.05, 4.69) is 30.4 Å². The summed E-state index contributed by atoms with van der Waals surface area (Å²) in [5.74, 6) is 2.08. The first-order valence-electron chi connectivity index (χ1n) is 9.93. The van der Waals surface area contributed by atoms with E-state index < -0.39 is 10.0 Å². The van der Waals surface area contributed by atoms with Crippen molar-refractivity contribution >= 4 is 38.6 Å². The maximum Gasteiger partial charge on any atom is 0.229 e. The average molecular weight is 429 g/mol. The van der Waals surface area contributed by atoms with Gasteiger partial charge in [-0.05, 0) is 31.9 Å². The standard InChI is InChI=1S/C19H24N8O2S/c1-13-10-15(25-24-13)21-17-14-4-3-7-20-16(14)22-18(23-17)26-11-19(12-26)5-8-27(9-6-19)30(2,28)29/h3-4,7,10H,5-6,8-9,11-12H2,1-2H3,(H2,20,21,22,23,24,25). The third kappa shape index (κ3) is 3.47. The number of sulfonamides is 1. The summed E-state index contributed by atoms with van der Waals surface area (Å²) in [6, 6.07) is 5.72. The van der Waals surface area contributed by atoms with Crippen LogP contribution in [0.5, 0.6) is 0 Å². The molecule has 2 saturated heterocycles. The van der Waals surface area contributed by atoms with Crippen molar-refractivity contribution in [2.24, 2.45) is 5.41 Å². The van der Waals surface area contributed by atoms with Gasteiger partial charge in [-0.2, -0.15) is 15.1 Å². The molecule has 0 atom stereocenters. The zero-order chi connectivity index (χ0) is 20.9. The number of nitrogens with one attached hydrogen (secondary N) is 2. The summed E-state index contributed by atoms with van der Waals surface area (Å²) in [7, 11) is -3.11. The molecule has 0 amide bonds. The monoisotopic (exact) mass is 428 g/mol. The third-order valence-electron chi connectivity index (χ3n) is 6.01. The number of rotatable bonds is 4. The second-order valence-corrected chi connectivity index (χ2v) is 10.3. The highest BCUT2D eigenvalue weighted by Gasteiger charge is 2.47. The van der Waals surface area contributed by atoms with E-state index in [-0.39, 0.29) is 5.41 Å². The molecule has 0 aliphatic carbocycles. The van der Waals surface area contributed by atoms with Crippen LogP contribution in [0.4, 0.5) is 17.6 Å². The van der Waals surface area contributed by atoms with E-state index in [0.717, 1.165) is 42.8 Å². The molecule has 11 heteroatoms. The van der Waals surface area contributed by atoms with Crippen LogP contribution in [0.3, 0.4) is 0 Å². The Hall–Kier alpha value is -2.79. The van der Waals surface area contributed by atoms with Crippen molar-refractivity contribution in [3.8, 4) is 0 Å². The van der Waals surface area contributed by atoms with Gasteiger partial charge in [-0.25, -0.2) is 17.7 Å². The summed E-state index contributed by atoms with van der Waals surface area (Å²) in [5, 5.41) is 11.2. The first-order chi connectivity index (χ1) is 14.3. The van der Waals surface area contributed by atoms with E-state index in [1.165, 1.54) is 6.26 Å². The summed E-state index contributed by atoms with van der Waals surface area (Å²) in [5.41, 5.74) is 1.66. The second kappa shape index (κ2) is 6.88. The highest BCUT2D eigenvalue weighted by molar-refractivity contribution is 7.88. The van der Waals surface area contributed by atoms with Gasteiger partial charge in [0.1, 0.15) is 11.6 Å². The molecule has 0 saturated carbocycles. The molecule has 10 nitrogen and oxygen atoms in total. The smallest absolute Gasteiger partial charge is 0.229 e. The van der Waals surface area contributed by atoms with Crippen LogP contribution < -0.4 is 10.2 Å². The molecular formula is C19H24N8O2S. The number of pyridine rings is 1. The number of aryl methyl sites for hydroxylation is 1. The van der Waals surface area contributed by atoms with Crippen LogP contribution in [0.15, 0.2) is 24.4 Å². The SMILES string of the molecule is Cc1cc(Nc2nc(N3CC4(CCN(S(C)(=O)=O)CC4)C3)nc3ncccc23)[nH]n1. The lowest BCUT2D eigenvalue weighted by molar-refractivity contribution is 0.113. The quantitative estimate of drug-likeness (QED) is 0.644. The Morgan fingerprint density at radius 2 is 1.97 bits per heavy atom. The van der Waals surface area contributed by atoms with E-state index in [1.807, 2.05) is 25.1 Å². The number of piperidine rings is 1. The molecule has 2 N–H and O–H groups in total. The summed E-state index contributed by atoms with van der Waals surface area (Å²) in [6.07, 6.45) is 4.73. The lowest BCUT2D eigenvalue weighted by atomic mass is 9.72. The molecule has 30 heavy (non-hydrogen) atoms. The predicted molar refractivity (Wildman–Crippen MR) is 114 cm³/mol. The van der Waals surface area contributed by atoms with Crippen molar-refractivity contribution in [2.45, 2.75) is 19.8 Å². The van der Waals surface area contributed by atoms with Gasteiger partial charge < -0.3 is 10.2 Å². The lowest BCUT2D eigenvalue weighted by Gasteiger charge is -2.53. The summed E-state index contributed by atoms with van der Waals surface area (Å²) in [4.78, 5) is 16.0. The average Bonchev–Trinajstić information content (AvgIpc) is 3.10. The summed E-state index contributed by atoms with van der Waals surface area (Å²) in [6.45, 7) is 4.73. The number of hydrogen-bond donors (Lipinski definition) is 2. The van der Waals surface area contributed by atoms with Crippen LogP contribution in [-0.2, 0) is 10.0 Å². The van der Waals surface area contributed by atoms with Gasteiger partial charge >= 0.3 is 0 Å². The molecule has 5 rings (SSSR count). The number of anilines is 3. The highest BCUT2D eigenvalue weighted by atomic mass is 32.2. The van der Waals surface area contributed by atoms with Crippen molar-refractivity contribution in [1.29, 1.82) is 0 Å². The first-order valence-corrected chi connectivity index (χ1v) is 11.8. The van der Waals surface area contributed by atoms with E-state index in [4.69, 9.17) is 4.98 Å². The summed E-state index contributed by atoms with van der Waals surface area (Å²) < 4.78 is 25.1. The lowest BCUT2D eigenvalue weighted by Crippen LogP contribution is -2.61. The van der Waals surface area contributed by atoms with Gasteiger partial charge in [-0.1, -0.05) is 0 Å². The molecule has 2 aliphatic rings. The molecular weight excluding hydrogens is 404 g/mol.